The van der Waals surface area contributed by atoms with Gasteiger partial charge in [0, 0.05) is 11.4 Å². The van der Waals surface area contributed by atoms with E-state index in [1.54, 1.807) is 52.3 Å². The molecule has 1 aromatic rings. The van der Waals surface area contributed by atoms with E-state index in [9.17, 15) is 4.57 Å². The number of methoxy groups -OCH3 is 2. The lowest BCUT2D eigenvalue weighted by Gasteiger charge is -2.13. The molecule has 0 radical (unpaired) electrons. The molecular formula is C14H21O5P. The summed E-state index contributed by atoms with van der Waals surface area (Å²) in [5.74, 6) is 2.78. The lowest BCUT2D eigenvalue weighted by atomic mass is 10.2. The highest BCUT2D eigenvalue weighted by molar-refractivity contribution is 7.57. The Balaban J connectivity index is 3.05. The molecule has 0 fully saturated rings. The first-order valence-corrected chi connectivity index (χ1v) is 7.99. The molecule has 0 bridgehead atoms. The number of ether oxygens (including phenoxy) is 2. The van der Waals surface area contributed by atoms with Gasteiger partial charge in [0.15, 0.2) is 0 Å². The highest BCUT2D eigenvalue weighted by Crippen LogP contribution is 2.50. The predicted molar refractivity (Wildman–Crippen MR) is 79.4 cm³/mol. The van der Waals surface area contributed by atoms with Crippen LogP contribution in [0, 0.1) is 0 Å². The Morgan fingerprint density at radius 1 is 1.10 bits per heavy atom. The maximum atomic E-state index is 12.3. The first-order chi connectivity index (χ1) is 9.58. The SMILES string of the molecule is CCOP(=O)(/C=C/c1cc(OC)ccc1OC)OCC. The summed E-state index contributed by atoms with van der Waals surface area (Å²) in [5, 5.41) is 0. The molecular weight excluding hydrogens is 279 g/mol. The van der Waals surface area contributed by atoms with E-state index in [4.69, 9.17) is 18.5 Å². The third-order valence-corrected chi connectivity index (χ3v) is 4.24. The summed E-state index contributed by atoms with van der Waals surface area (Å²) >= 11 is 0. The van der Waals surface area contributed by atoms with Crippen LogP contribution in [-0.2, 0) is 13.6 Å². The fraction of sp³-hybridized carbons (Fsp3) is 0.429. The summed E-state index contributed by atoms with van der Waals surface area (Å²) in [5.41, 5.74) is 0.742. The van der Waals surface area contributed by atoms with Gasteiger partial charge in [-0.15, -0.1) is 0 Å². The number of hydrogen-bond acceptors (Lipinski definition) is 5. The van der Waals surface area contributed by atoms with Crippen LogP contribution in [0.5, 0.6) is 11.5 Å². The summed E-state index contributed by atoms with van der Waals surface area (Å²) < 4.78 is 33.1. The standard InChI is InChI=1S/C14H21O5P/c1-5-18-20(15,19-6-2)10-9-12-11-13(16-3)7-8-14(12)17-4/h7-11H,5-6H2,1-4H3/b10-9+. The Bertz CT molecular complexity index is 488. The second kappa shape index (κ2) is 8.10. The Labute approximate surface area is 120 Å². The summed E-state index contributed by atoms with van der Waals surface area (Å²) in [4.78, 5) is 0. The highest BCUT2D eigenvalue weighted by Gasteiger charge is 2.19. The van der Waals surface area contributed by atoms with Crippen molar-refractivity contribution in [3.63, 3.8) is 0 Å². The lowest BCUT2D eigenvalue weighted by molar-refractivity contribution is 0.229. The molecule has 6 heteroatoms. The first kappa shape index (κ1) is 16.8. The van der Waals surface area contributed by atoms with Crippen LogP contribution in [0.25, 0.3) is 6.08 Å². The molecule has 0 saturated heterocycles. The van der Waals surface area contributed by atoms with Gasteiger partial charge < -0.3 is 18.5 Å². The van der Waals surface area contributed by atoms with E-state index in [0.717, 1.165) is 5.56 Å². The minimum Gasteiger partial charge on any atom is -0.497 e. The van der Waals surface area contributed by atoms with Gasteiger partial charge in [-0.2, -0.15) is 0 Å². The minimum atomic E-state index is -3.22. The number of benzene rings is 1. The maximum Gasteiger partial charge on any atom is 0.354 e. The summed E-state index contributed by atoms with van der Waals surface area (Å²) in [7, 11) is -0.0585. The molecule has 0 aliphatic rings. The van der Waals surface area contributed by atoms with Crippen LogP contribution in [0.4, 0.5) is 0 Å². The van der Waals surface area contributed by atoms with E-state index in [0.29, 0.717) is 24.7 Å². The molecule has 20 heavy (non-hydrogen) atoms. The molecule has 0 aliphatic carbocycles. The molecule has 1 aromatic carbocycles. The van der Waals surface area contributed by atoms with Gasteiger partial charge in [0.25, 0.3) is 0 Å². The average Bonchev–Trinajstić information content (AvgIpc) is 2.45. The van der Waals surface area contributed by atoms with Gasteiger partial charge in [0.05, 0.1) is 27.4 Å². The molecule has 5 nitrogen and oxygen atoms in total. The molecule has 0 N–H and O–H groups in total. The molecule has 0 saturated carbocycles. The van der Waals surface area contributed by atoms with Crippen LogP contribution in [0.1, 0.15) is 19.4 Å². The fourth-order valence-corrected chi connectivity index (χ4v) is 2.93. The second-order valence-corrected chi connectivity index (χ2v) is 5.69. The zero-order valence-corrected chi connectivity index (χ0v) is 13.2. The normalized spacial score (nSPS) is 11.8. The van der Waals surface area contributed by atoms with Crippen LogP contribution in [0.3, 0.4) is 0 Å². The van der Waals surface area contributed by atoms with Crippen molar-refractivity contribution in [2.24, 2.45) is 0 Å². The Hall–Kier alpha value is -1.29. The van der Waals surface area contributed by atoms with Crippen LogP contribution in [0.2, 0.25) is 0 Å². The Morgan fingerprint density at radius 3 is 2.25 bits per heavy atom. The van der Waals surface area contributed by atoms with Crippen molar-refractivity contribution in [2.75, 3.05) is 27.4 Å². The van der Waals surface area contributed by atoms with E-state index < -0.39 is 7.60 Å². The van der Waals surface area contributed by atoms with Gasteiger partial charge in [-0.05, 0) is 38.1 Å². The molecule has 112 valence electrons. The van der Waals surface area contributed by atoms with Crippen molar-refractivity contribution in [3.05, 3.63) is 29.6 Å². The van der Waals surface area contributed by atoms with Crippen LogP contribution >= 0.6 is 7.60 Å². The summed E-state index contributed by atoms with van der Waals surface area (Å²) in [6.45, 7) is 4.17. The quantitative estimate of drug-likeness (QED) is 0.681. The molecule has 0 heterocycles. The third kappa shape index (κ3) is 4.67. The predicted octanol–water partition coefficient (Wildman–Crippen LogP) is 3.94. The van der Waals surface area contributed by atoms with Gasteiger partial charge in [0.2, 0.25) is 0 Å². The van der Waals surface area contributed by atoms with Crippen LogP contribution in [-0.4, -0.2) is 27.4 Å². The Morgan fingerprint density at radius 2 is 1.75 bits per heavy atom. The van der Waals surface area contributed by atoms with Crippen molar-refractivity contribution >= 4 is 13.7 Å². The molecule has 0 spiro atoms. The zero-order valence-electron chi connectivity index (χ0n) is 12.3. The zero-order chi connectivity index (χ0) is 15.0. The van der Waals surface area contributed by atoms with E-state index in [-0.39, 0.29) is 0 Å². The topological polar surface area (TPSA) is 54.0 Å². The monoisotopic (exact) mass is 300 g/mol. The fourth-order valence-electron chi connectivity index (χ4n) is 1.62. The maximum absolute atomic E-state index is 12.3. The molecule has 0 amide bonds. The summed E-state index contributed by atoms with van der Waals surface area (Å²) in [6, 6.07) is 5.36. The smallest absolute Gasteiger partial charge is 0.354 e. The van der Waals surface area contributed by atoms with Crippen LogP contribution in [0.15, 0.2) is 24.0 Å². The molecule has 0 atom stereocenters. The molecule has 0 aromatic heterocycles. The largest absolute Gasteiger partial charge is 0.497 e. The number of rotatable bonds is 8. The van der Waals surface area contributed by atoms with E-state index in [2.05, 4.69) is 0 Å². The van der Waals surface area contributed by atoms with Gasteiger partial charge in [0.1, 0.15) is 11.5 Å². The second-order valence-electron chi connectivity index (χ2n) is 3.80. The van der Waals surface area contributed by atoms with Crippen LogP contribution < -0.4 is 9.47 Å². The first-order valence-electron chi connectivity index (χ1n) is 6.38. The molecule has 1 rings (SSSR count). The summed E-state index contributed by atoms with van der Waals surface area (Å²) in [6.07, 6.45) is 1.66. The van der Waals surface area contributed by atoms with E-state index in [1.807, 2.05) is 0 Å². The van der Waals surface area contributed by atoms with Gasteiger partial charge >= 0.3 is 7.60 Å². The molecule has 0 unspecified atom stereocenters. The molecule has 0 aliphatic heterocycles. The van der Waals surface area contributed by atoms with Crippen molar-refractivity contribution in [3.8, 4) is 11.5 Å². The van der Waals surface area contributed by atoms with Crippen molar-refractivity contribution in [1.82, 2.24) is 0 Å². The third-order valence-electron chi connectivity index (χ3n) is 2.49. The lowest BCUT2D eigenvalue weighted by Crippen LogP contribution is -1.93. The van der Waals surface area contributed by atoms with Crippen molar-refractivity contribution in [2.45, 2.75) is 13.8 Å². The van der Waals surface area contributed by atoms with Gasteiger partial charge in [-0.3, -0.25) is 4.57 Å². The van der Waals surface area contributed by atoms with E-state index in [1.165, 1.54) is 5.82 Å². The highest BCUT2D eigenvalue weighted by atomic mass is 31.2. The van der Waals surface area contributed by atoms with Crippen molar-refractivity contribution < 1.29 is 23.1 Å². The Kier molecular flexibility index (Phi) is 6.79. The average molecular weight is 300 g/mol. The van der Waals surface area contributed by atoms with Crippen molar-refractivity contribution in [1.29, 1.82) is 0 Å². The van der Waals surface area contributed by atoms with E-state index >= 15 is 0 Å². The number of hydrogen-bond donors (Lipinski definition) is 0. The van der Waals surface area contributed by atoms with Gasteiger partial charge in [-0.1, -0.05) is 0 Å². The minimum absolute atomic E-state index is 0.316. The van der Waals surface area contributed by atoms with Gasteiger partial charge in [-0.25, -0.2) is 0 Å².